The van der Waals surface area contributed by atoms with Gasteiger partial charge >= 0.3 is 6.09 Å². The molecular formula is C22H33N3O5. The maximum atomic E-state index is 12.6. The number of nitrogens with one attached hydrogen (secondary N) is 3. The van der Waals surface area contributed by atoms with E-state index in [-0.39, 0.29) is 11.9 Å². The summed E-state index contributed by atoms with van der Waals surface area (Å²) in [5.74, 6) is -0.929. The molecule has 0 spiro atoms. The van der Waals surface area contributed by atoms with Crippen LogP contribution in [-0.2, 0) is 14.3 Å². The Morgan fingerprint density at radius 3 is 2.50 bits per heavy atom. The van der Waals surface area contributed by atoms with Gasteiger partial charge < -0.3 is 25.8 Å². The summed E-state index contributed by atoms with van der Waals surface area (Å²) in [5, 5.41) is 18.6. The van der Waals surface area contributed by atoms with Crippen molar-refractivity contribution in [2.75, 3.05) is 6.54 Å². The van der Waals surface area contributed by atoms with Crippen LogP contribution in [0.2, 0.25) is 0 Å². The number of alkyl carbamates (subject to hydrolysis) is 1. The van der Waals surface area contributed by atoms with Gasteiger partial charge in [-0.1, -0.05) is 63.9 Å². The molecule has 4 atom stereocenters. The van der Waals surface area contributed by atoms with Crippen molar-refractivity contribution >= 4 is 17.9 Å². The number of unbranched alkanes of at least 4 members (excludes halogenated alkanes) is 1. The van der Waals surface area contributed by atoms with Crippen molar-refractivity contribution in [2.45, 2.75) is 71.2 Å². The van der Waals surface area contributed by atoms with Crippen LogP contribution < -0.4 is 16.0 Å². The average Bonchev–Trinajstić information content (AvgIpc) is 2.97. The summed E-state index contributed by atoms with van der Waals surface area (Å²) < 4.78 is 5.32. The second-order valence-corrected chi connectivity index (χ2v) is 8.47. The van der Waals surface area contributed by atoms with Gasteiger partial charge in [0, 0.05) is 12.0 Å². The number of hydrogen-bond acceptors (Lipinski definition) is 5. The van der Waals surface area contributed by atoms with Gasteiger partial charge in [0.2, 0.25) is 0 Å². The third-order valence-electron chi connectivity index (χ3n) is 5.37. The van der Waals surface area contributed by atoms with E-state index < -0.39 is 35.7 Å². The minimum atomic E-state index is -1.44. The minimum Gasteiger partial charge on any atom is -0.435 e. The van der Waals surface area contributed by atoms with E-state index in [1.54, 1.807) is 0 Å². The molecule has 1 aromatic rings. The quantitative estimate of drug-likeness (QED) is 0.489. The molecule has 4 N–H and O–H groups in total. The van der Waals surface area contributed by atoms with E-state index in [4.69, 9.17) is 4.74 Å². The summed E-state index contributed by atoms with van der Waals surface area (Å²) in [6.07, 6.45) is -1.25. The van der Waals surface area contributed by atoms with Crippen molar-refractivity contribution in [3.8, 4) is 0 Å². The summed E-state index contributed by atoms with van der Waals surface area (Å²) in [4.78, 5) is 37.0. The monoisotopic (exact) mass is 419 g/mol. The van der Waals surface area contributed by atoms with Crippen molar-refractivity contribution in [3.05, 3.63) is 35.9 Å². The molecule has 3 amide bonds. The molecule has 1 aliphatic heterocycles. The van der Waals surface area contributed by atoms with Crippen LogP contribution in [-0.4, -0.2) is 47.8 Å². The zero-order valence-corrected chi connectivity index (χ0v) is 18.1. The molecule has 1 aliphatic rings. The molecule has 0 saturated carbocycles. The van der Waals surface area contributed by atoms with Gasteiger partial charge in [0.15, 0.2) is 12.2 Å². The Kier molecular flexibility index (Phi) is 8.23. The van der Waals surface area contributed by atoms with Crippen molar-refractivity contribution in [3.63, 3.8) is 0 Å². The van der Waals surface area contributed by atoms with Crippen LogP contribution in [0.4, 0.5) is 4.79 Å². The summed E-state index contributed by atoms with van der Waals surface area (Å²) in [5.41, 5.74) is 0.374. The predicted octanol–water partition coefficient (Wildman–Crippen LogP) is 2.03. The number of carbonyl (C=O) groups excluding carboxylic acids is 3. The van der Waals surface area contributed by atoms with Gasteiger partial charge in [-0.25, -0.2) is 4.79 Å². The molecule has 1 fully saturated rings. The number of amides is 3. The van der Waals surface area contributed by atoms with E-state index in [2.05, 4.69) is 16.0 Å². The van der Waals surface area contributed by atoms with Gasteiger partial charge in [-0.05, 0) is 18.9 Å². The fourth-order valence-corrected chi connectivity index (χ4v) is 3.40. The number of carbonyl (C=O) groups is 3. The zero-order valence-electron chi connectivity index (χ0n) is 18.1. The Labute approximate surface area is 177 Å². The second-order valence-electron chi connectivity index (χ2n) is 8.47. The Morgan fingerprint density at radius 1 is 1.27 bits per heavy atom. The van der Waals surface area contributed by atoms with E-state index in [9.17, 15) is 19.5 Å². The SMILES string of the molecule is CCCC[C@H](NC(=O)OC1C(=O)NCC1(C)C)C(O)C(=O)N[C@H](C)c1ccccc1. The summed E-state index contributed by atoms with van der Waals surface area (Å²) in [6.45, 7) is 7.86. The molecule has 2 rings (SSSR count). The standard InChI is InChI=1S/C22H33N3O5/c1-5-6-12-16(25-21(29)30-18-20(28)23-13-22(18,3)4)17(26)19(27)24-14(2)15-10-8-7-9-11-15/h7-11,14,16-18,26H,5-6,12-13H2,1-4H3,(H,23,28)(H,24,27)(H,25,29)/t14-,16+,17?,18?/m1/s1. The Balaban J connectivity index is 2.00. The maximum absolute atomic E-state index is 12.6. The largest absolute Gasteiger partial charge is 0.435 e. The molecule has 2 unspecified atom stereocenters. The van der Waals surface area contributed by atoms with Crippen molar-refractivity contribution in [1.82, 2.24) is 16.0 Å². The lowest BCUT2D eigenvalue weighted by molar-refractivity contribution is -0.132. The summed E-state index contributed by atoms with van der Waals surface area (Å²) in [6, 6.07) is 8.28. The van der Waals surface area contributed by atoms with Gasteiger partial charge in [0.1, 0.15) is 0 Å². The molecule has 1 heterocycles. The number of aliphatic hydroxyl groups excluding tert-OH is 1. The van der Waals surface area contributed by atoms with Crippen LogP contribution in [0.15, 0.2) is 30.3 Å². The lowest BCUT2D eigenvalue weighted by Crippen LogP contribution is -2.52. The first-order valence-corrected chi connectivity index (χ1v) is 10.4. The zero-order chi connectivity index (χ0) is 22.3. The first-order valence-electron chi connectivity index (χ1n) is 10.4. The first-order chi connectivity index (χ1) is 14.2. The fraction of sp³-hybridized carbons (Fsp3) is 0.591. The van der Waals surface area contributed by atoms with Gasteiger partial charge in [-0.15, -0.1) is 0 Å². The van der Waals surface area contributed by atoms with Crippen molar-refractivity contribution < 1.29 is 24.2 Å². The van der Waals surface area contributed by atoms with Crippen LogP contribution in [0.3, 0.4) is 0 Å². The van der Waals surface area contributed by atoms with E-state index in [1.807, 2.05) is 58.0 Å². The fourth-order valence-electron chi connectivity index (χ4n) is 3.40. The molecule has 1 aromatic carbocycles. The van der Waals surface area contributed by atoms with Gasteiger partial charge in [-0.3, -0.25) is 9.59 Å². The van der Waals surface area contributed by atoms with Gasteiger partial charge in [0.25, 0.3) is 11.8 Å². The molecular weight excluding hydrogens is 386 g/mol. The average molecular weight is 420 g/mol. The molecule has 0 radical (unpaired) electrons. The van der Waals surface area contributed by atoms with Crippen molar-refractivity contribution in [1.29, 1.82) is 0 Å². The van der Waals surface area contributed by atoms with Crippen molar-refractivity contribution in [2.24, 2.45) is 5.41 Å². The molecule has 30 heavy (non-hydrogen) atoms. The smallest absolute Gasteiger partial charge is 0.408 e. The Morgan fingerprint density at radius 2 is 1.93 bits per heavy atom. The predicted molar refractivity (Wildman–Crippen MR) is 113 cm³/mol. The highest BCUT2D eigenvalue weighted by Gasteiger charge is 2.44. The lowest BCUT2D eigenvalue weighted by atomic mass is 9.90. The van der Waals surface area contributed by atoms with E-state index in [0.717, 1.165) is 12.0 Å². The minimum absolute atomic E-state index is 0.296. The molecule has 0 aromatic heterocycles. The second kappa shape index (κ2) is 10.4. The van der Waals surface area contributed by atoms with E-state index in [1.165, 1.54) is 0 Å². The summed E-state index contributed by atoms with van der Waals surface area (Å²) in [7, 11) is 0. The van der Waals surface area contributed by atoms with Crippen LogP contribution >= 0.6 is 0 Å². The number of aliphatic hydroxyl groups is 1. The number of ether oxygens (including phenoxy) is 1. The molecule has 1 saturated heterocycles. The summed E-state index contributed by atoms with van der Waals surface area (Å²) >= 11 is 0. The van der Waals surface area contributed by atoms with Gasteiger partial charge in [-0.2, -0.15) is 0 Å². The third-order valence-corrected chi connectivity index (χ3v) is 5.37. The van der Waals surface area contributed by atoms with Gasteiger partial charge in [0.05, 0.1) is 12.1 Å². The van der Waals surface area contributed by atoms with E-state index in [0.29, 0.717) is 19.4 Å². The normalized spacial score (nSPS) is 20.6. The third kappa shape index (κ3) is 6.19. The van der Waals surface area contributed by atoms with Crippen LogP contribution in [0.5, 0.6) is 0 Å². The van der Waals surface area contributed by atoms with Crippen LogP contribution in [0.25, 0.3) is 0 Å². The molecule has 0 aliphatic carbocycles. The first kappa shape index (κ1) is 23.7. The number of benzene rings is 1. The topological polar surface area (TPSA) is 117 Å². The highest BCUT2D eigenvalue weighted by molar-refractivity contribution is 5.87. The number of hydrogen-bond donors (Lipinski definition) is 4. The lowest BCUT2D eigenvalue weighted by Gasteiger charge is -2.27. The highest BCUT2D eigenvalue weighted by atomic mass is 16.6. The number of rotatable bonds is 9. The molecule has 166 valence electrons. The molecule has 8 nitrogen and oxygen atoms in total. The van der Waals surface area contributed by atoms with E-state index >= 15 is 0 Å². The highest BCUT2D eigenvalue weighted by Crippen LogP contribution is 2.27. The van der Waals surface area contributed by atoms with Crippen LogP contribution in [0, 0.1) is 5.41 Å². The molecule has 8 heteroatoms. The maximum Gasteiger partial charge on any atom is 0.408 e. The Hall–Kier alpha value is -2.61. The Bertz CT molecular complexity index is 738. The van der Waals surface area contributed by atoms with Crippen LogP contribution in [0.1, 0.15) is 58.6 Å². The molecule has 0 bridgehead atoms.